The number of aryl methyl sites for hydroxylation is 1. The summed E-state index contributed by atoms with van der Waals surface area (Å²) < 4.78 is 0. The van der Waals surface area contributed by atoms with Crippen molar-refractivity contribution in [2.75, 3.05) is 17.2 Å². The fourth-order valence-corrected chi connectivity index (χ4v) is 2.17. The van der Waals surface area contributed by atoms with Crippen LogP contribution in [-0.4, -0.2) is 12.5 Å². The summed E-state index contributed by atoms with van der Waals surface area (Å²) in [4.78, 5) is 11.8. The maximum absolute atomic E-state index is 11.8. The Bertz CT molecular complexity index is 644. The Hall–Kier alpha value is -1.71. The molecule has 0 bridgehead atoms. The molecule has 0 aliphatic carbocycles. The third-order valence-corrected chi connectivity index (χ3v) is 3.64. The Balaban J connectivity index is 1.80. The van der Waals surface area contributed by atoms with E-state index in [1.807, 2.05) is 37.3 Å². The number of halogens is 2. The third kappa shape index (κ3) is 4.96. The van der Waals surface area contributed by atoms with E-state index in [4.69, 9.17) is 23.2 Å². The molecule has 0 fully saturated rings. The number of hydrogen-bond acceptors (Lipinski definition) is 2. The lowest BCUT2D eigenvalue weighted by Gasteiger charge is -2.08. The molecule has 0 saturated heterocycles. The van der Waals surface area contributed by atoms with Crippen LogP contribution in [0.1, 0.15) is 12.0 Å². The van der Waals surface area contributed by atoms with Crippen LogP contribution in [0.5, 0.6) is 0 Å². The molecule has 0 aliphatic rings. The largest absolute Gasteiger partial charge is 0.384 e. The smallest absolute Gasteiger partial charge is 0.226 e. The Morgan fingerprint density at radius 1 is 1.05 bits per heavy atom. The summed E-state index contributed by atoms with van der Waals surface area (Å²) in [6, 6.07) is 13.0. The predicted octanol–water partition coefficient (Wildman–Crippen LogP) is 4.74. The molecule has 1 amide bonds. The van der Waals surface area contributed by atoms with E-state index in [1.165, 1.54) is 0 Å². The second kappa shape index (κ2) is 7.34. The Morgan fingerprint density at radius 2 is 1.86 bits per heavy atom. The second-order valence-corrected chi connectivity index (χ2v) is 5.54. The summed E-state index contributed by atoms with van der Waals surface area (Å²) in [5.74, 6) is -0.0341. The van der Waals surface area contributed by atoms with Crippen molar-refractivity contribution in [1.82, 2.24) is 0 Å². The van der Waals surface area contributed by atoms with Crippen LogP contribution < -0.4 is 10.6 Å². The minimum absolute atomic E-state index is 0.0341. The highest BCUT2D eigenvalue weighted by Gasteiger charge is 2.03. The van der Waals surface area contributed by atoms with Crippen molar-refractivity contribution >= 4 is 40.5 Å². The van der Waals surface area contributed by atoms with Gasteiger partial charge in [-0.2, -0.15) is 0 Å². The van der Waals surface area contributed by atoms with Gasteiger partial charge in [-0.1, -0.05) is 35.3 Å². The third-order valence-electron chi connectivity index (χ3n) is 2.90. The maximum Gasteiger partial charge on any atom is 0.226 e. The number of rotatable bonds is 5. The molecule has 5 heteroatoms. The normalized spacial score (nSPS) is 10.2. The summed E-state index contributed by atoms with van der Waals surface area (Å²) in [5, 5.41) is 7.01. The fraction of sp³-hybridized carbons (Fsp3) is 0.188. The summed E-state index contributed by atoms with van der Waals surface area (Å²) in [6.07, 6.45) is 0.369. The van der Waals surface area contributed by atoms with Crippen LogP contribution in [0, 0.1) is 6.92 Å². The van der Waals surface area contributed by atoms with Crippen LogP contribution >= 0.6 is 23.2 Å². The summed E-state index contributed by atoms with van der Waals surface area (Å²) in [6.45, 7) is 2.51. The van der Waals surface area contributed by atoms with Crippen molar-refractivity contribution in [2.24, 2.45) is 0 Å². The summed E-state index contributed by atoms with van der Waals surface area (Å²) in [7, 11) is 0. The molecule has 2 rings (SSSR count). The maximum atomic E-state index is 11.8. The first-order valence-corrected chi connectivity index (χ1v) is 7.35. The Morgan fingerprint density at radius 3 is 2.57 bits per heavy atom. The van der Waals surface area contributed by atoms with E-state index >= 15 is 0 Å². The van der Waals surface area contributed by atoms with Crippen LogP contribution in [-0.2, 0) is 4.79 Å². The number of anilines is 2. The van der Waals surface area contributed by atoms with Gasteiger partial charge in [0.05, 0.1) is 10.0 Å². The summed E-state index contributed by atoms with van der Waals surface area (Å²) >= 11 is 11.8. The molecule has 110 valence electrons. The molecular weight excluding hydrogens is 307 g/mol. The predicted molar refractivity (Wildman–Crippen MR) is 89.4 cm³/mol. The van der Waals surface area contributed by atoms with Crippen LogP contribution in [0.2, 0.25) is 10.0 Å². The van der Waals surface area contributed by atoms with E-state index in [0.29, 0.717) is 23.0 Å². The fourth-order valence-electron chi connectivity index (χ4n) is 1.87. The number of amides is 1. The highest BCUT2D eigenvalue weighted by molar-refractivity contribution is 6.42. The van der Waals surface area contributed by atoms with Crippen LogP contribution in [0.25, 0.3) is 0 Å². The Kier molecular flexibility index (Phi) is 5.48. The van der Waals surface area contributed by atoms with E-state index in [2.05, 4.69) is 10.6 Å². The molecule has 0 radical (unpaired) electrons. The lowest BCUT2D eigenvalue weighted by molar-refractivity contribution is -0.115. The molecule has 2 aromatic rings. The molecule has 0 atom stereocenters. The molecule has 2 N–H and O–H groups in total. The highest BCUT2D eigenvalue weighted by Crippen LogP contribution is 2.24. The molecule has 0 aromatic heterocycles. The first kappa shape index (κ1) is 15.7. The molecule has 21 heavy (non-hydrogen) atoms. The van der Waals surface area contributed by atoms with Crippen molar-refractivity contribution in [3.8, 4) is 0 Å². The molecular formula is C16H16Cl2N2O. The van der Waals surface area contributed by atoms with E-state index in [1.54, 1.807) is 12.1 Å². The molecule has 3 nitrogen and oxygen atoms in total. The monoisotopic (exact) mass is 322 g/mol. The first-order chi connectivity index (χ1) is 10.0. The van der Waals surface area contributed by atoms with Gasteiger partial charge in [-0.3, -0.25) is 4.79 Å². The van der Waals surface area contributed by atoms with E-state index in [9.17, 15) is 4.79 Å². The van der Waals surface area contributed by atoms with Gasteiger partial charge in [0.15, 0.2) is 0 Å². The number of hydrogen-bond donors (Lipinski definition) is 2. The van der Waals surface area contributed by atoms with Crippen LogP contribution in [0.4, 0.5) is 11.4 Å². The average molecular weight is 323 g/mol. The SMILES string of the molecule is Cc1cccc(NC(=O)CCNc2ccc(Cl)c(Cl)c2)c1. The van der Waals surface area contributed by atoms with Gasteiger partial charge in [-0.15, -0.1) is 0 Å². The van der Waals surface area contributed by atoms with Crippen LogP contribution in [0.15, 0.2) is 42.5 Å². The molecule has 0 spiro atoms. The lowest BCUT2D eigenvalue weighted by atomic mass is 10.2. The topological polar surface area (TPSA) is 41.1 Å². The van der Waals surface area contributed by atoms with Gasteiger partial charge in [0.1, 0.15) is 0 Å². The van der Waals surface area contributed by atoms with Gasteiger partial charge < -0.3 is 10.6 Å². The lowest BCUT2D eigenvalue weighted by Crippen LogP contribution is -2.16. The van der Waals surface area contributed by atoms with Crippen molar-refractivity contribution in [3.63, 3.8) is 0 Å². The number of carbonyl (C=O) groups excluding carboxylic acids is 1. The zero-order valence-electron chi connectivity index (χ0n) is 11.6. The van der Waals surface area contributed by atoms with E-state index in [-0.39, 0.29) is 5.91 Å². The standard InChI is InChI=1S/C16H16Cl2N2O/c1-11-3-2-4-13(9-11)20-16(21)7-8-19-12-5-6-14(17)15(18)10-12/h2-6,9-10,19H,7-8H2,1H3,(H,20,21). The van der Waals surface area contributed by atoms with Crippen molar-refractivity contribution < 1.29 is 4.79 Å². The number of carbonyl (C=O) groups is 1. The van der Waals surface area contributed by atoms with Gasteiger partial charge in [-0.25, -0.2) is 0 Å². The highest BCUT2D eigenvalue weighted by atomic mass is 35.5. The molecule has 0 unspecified atom stereocenters. The minimum atomic E-state index is -0.0341. The number of benzene rings is 2. The van der Waals surface area contributed by atoms with Crippen LogP contribution in [0.3, 0.4) is 0 Å². The van der Waals surface area contributed by atoms with E-state index < -0.39 is 0 Å². The number of nitrogens with one attached hydrogen (secondary N) is 2. The van der Waals surface area contributed by atoms with Gasteiger partial charge in [-0.05, 0) is 42.8 Å². The van der Waals surface area contributed by atoms with E-state index in [0.717, 1.165) is 16.9 Å². The zero-order valence-corrected chi connectivity index (χ0v) is 13.1. The first-order valence-electron chi connectivity index (χ1n) is 6.60. The molecule has 2 aromatic carbocycles. The molecule has 0 aliphatic heterocycles. The minimum Gasteiger partial charge on any atom is -0.384 e. The quantitative estimate of drug-likeness (QED) is 0.834. The molecule has 0 heterocycles. The average Bonchev–Trinajstić information content (AvgIpc) is 2.43. The van der Waals surface area contributed by atoms with Gasteiger partial charge in [0.25, 0.3) is 0 Å². The van der Waals surface area contributed by atoms with Gasteiger partial charge >= 0.3 is 0 Å². The second-order valence-electron chi connectivity index (χ2n) is 4.72. The van der Waals surface area contributed by atoms with Gasteiger partial charge in [0, 0.05) is 24.3 Å². The molecule has 0 saturated carbocycles. The zero-order chi connectivity index (χ0) is 15.2. The van der Waals surface area contributed by atoms with Gasteiger partial charge in [0.2, 0.25) is 5.91 Å². The summed E-state index contributed by atoms with van der Waals surface area (Å²) in [5.41, 5.74) is 2.77. The van der Waals surface area contributed by atoms with Crippen molar-refractivity contribution in [2.45, 2.75) is 13.3 Å². The van der Waals surface area contributed by atoms with Crippen molar-refractivity contribution in [1.29, 1.82) is 0 Å². The Labute approximate surface area is 134 Å². The van der Waals surface area contributed by atoms with Crippen molar-refractivity contribution in [3.05, 3.63) is 58.1 Å².